The van der Waals surface area contributed by atoms with Crippen molar-refractivity contribution < 1.29 is 19.1 Å². The highest BCUT2D eigenvalue weighted by molar-refractivity contribution is 6.53. The second-order valence-corrected chi connectivity index (χ2v) is 8.16. The number of imide groups is 1. The molecule has 0 spiro atoms. The van der Waals surface area contributed by atoms with E-state index in [1.165, 1.54) is 7.11 Å². The third-order valence-electron chi connectivity index (χ3n) is 5.37. The first-order valence-electron chi connectivity index (χ1n) is 10.5. The zero-order valence-electron chi connectivity index (χ0n) is 18.8. The minimum Gasteiger partial charge on any atom is -0.495 e. The number of amides is 3. The van der Waals surface area contributed by atoms with Crippen molar-refractivity contribution in [3.63, 3.8) is 0 Å². The number of anilines is 3. The molecular formula is C26H22ClN3O4. The largest absolute Gasteiger partial charge is 0.495 e. The quantitative estimate of drug-likeness (QED) is 0.490. The molecule has 8 heteroatoms. The Kier molecular flexibility index (Phi) is 6.38. The molecule has 0 radical (unpaired) electrons. The van der Waals surface area contributed by atoms with Gasteiger partial charge < -0.3 is 15.4 Å². The van der Waals surface area contributed by atoms with Crippen molar-refractivity contribution in [1.82, 2.24) is 0 Å². The molecule has 3 amide bonds. The van der Waals surface area contributed by atoms with Gasteiger partial charge in [0, 0.05) is 11.3 Å². The van der Waals surface area contributed by atoms with Crippen LogP contribution in [-0.2, 0) is 9.59 Å². The summed E-state index contributed by atoms with van der Waals surface area (Å²) in [6.07, 6.45) is 0. The molecule has 172 valence electrons. The van der Waals surface area contributed by atoms with Gasteiger partial charge in [0.1, 0.15) is 16.5 Å². The Morgan fingerprint density at radius 1 is 0.941 bits per heavy atom. The first-order valence-corrected chi connectivity index (χ1v) is 10.8. The lowest BCUT2D eigenvalue weighted by Crippen LogP contribution is -2.32. The van der Waals surface area contributed by atoms with Crippen molar-refractivity contribution in [1.29, 1.82) is 0 Å². The lowest BCUT2D eigenvalue weighted by atomic mass is 10.1. The van der Waals surface area contributed by atoms with Crippen LogP contribution >= 0.6 is 11.6 Å². The summed E-state index contributed by atoms with van der Waals surface area (Å²) in [7, 11) is 1.52. The monoisotopic (exact) mass is 475 g/mol. The topological polar surface area (TPSA) is 87.7 Å². The number of methoxy groups -OCH3 is 1. The zero-order valence-corrected chi connectivity index (χ0v) is 19.6. The molecule has 3 aromatic rings. The maximum Gasteiger partial charge on any atom is 0.283 e. The zero-order chi connectivity index (χ0) is 24.4. The van der Waals surface area contributed by atoms with Crippen LogP contribution in [0.15, 0.2) is 77.5 Å². The van der Waals surface area contributed by atoms with Crippen LogP contribution < -0.4 is 20.3 Å². The fourth-order valence-corrected chi connectivity index (χ4v) is 3.92. The van der Waals surface area contributed by atoms with Gasteiger partial charge in [0.15, 0.2) is 0 Å². The summed E-state index contributed by atoms with van der Waals surface area (Å²) < 4.78 is 5.27. The number of benzene rings is 3. The van der Waals surface area contributed by atoms with E-state index in [4.69, 9.17) is 16.3 Å². The maximum atomic E-state index is 13.1. The van der Waals surface area contributed by atoms with E-state index in [0.29, 0.717) is 28.4 Å². The number of carbonyl (C=O) groups excluding carboxylic acids is 3. The van der Waals surface area contributed by atoms with Gasteiger partial charge in [0.05, 0.1) is 18.5 Å². The molecule has 4 rings (SSSR count). The number of rotatable bonds is 6. The van der Waals surface area contributed by atoms with E-state index < -0.39 is 11.8 Å². The first-order chi connectivity index (χ1) is 16.3. The van der Waals surface area contributed by atoms with Crippen molar-refractivity contribution in [3.8, 4) is 5.75 Å². The van der Waals surface area contributed by atoms with Crippen molar-refractivity contribution in [3.05, 3.63) is 94.1 Å². The number of carbonyl (C=O) groups is 3. The standard InChI is InChI=1S/C26H22ClN3O4/c1-15-11-12-20(16(2)13-15)30-25(32)22(27)23(26(30)33)28-18-8-6-7-17(14-18)24(31)29-19-9-4-5-10-21(19)34-3/h4-14,28H,1-3H3,(H,29,31). The summed E-state index contributed by atoms with van der Waals surface area (Å²) in [6.45, 7) is 3.76. The Labute approximate surface area is 202 Å². The van der Waals surface area contributed by atoms with Crippen LogP contribution in [0.1, 0.15) is 21.5 Å². The average molecular weight is 476 g/mol. The molecule has 0 atom stereocenters. The van der Waals surface area contributed by atoms with Gasteiger partial charge in [0.25, 0.3) is 17.7 Å². The van der Waals surface area contributed by atoms with Crippen LogP contribution in [0.4, 0.5) is 17.1 Å². The number of nitrogens with zero attached hydrogens (tertiary/aromatic N) is 1. The van der Waals surface area contributed by atoms with E-state index in [1.807, 2.05) is 26.0 Å². The van der Waals surface area contributed by atoms with Crippen LogP contribution in [0.5, 0.6) is 5.75 Å². The van der Waals surface area contributed by atoms with Crippen molar-refractivity contribution in [2.75, 3.05) is 22.6 Å². The van der Waals surface area contributed by atoms with Gasteiger partial charge in [-0.3, -0.25) is 14.4 Å². The van der Waals surface area contributed by atoms with Crippen molar-refractivity contribution in [2.24, 2.45) is 0 Å². The van der Waals surface area contributed by atoms with Crippen molar-refractivity contribution in [2.45, 2.75) is 13.8 Å². The smallest absolute Gasteiger partial charge is 0.283 e. The number of nitrogens with one attached hydrogen (secondary N) is 2. The number of para-hydroxylation sites is 2. The number of halogens is 1. The summed E-state index contributed by atoms with van der Waals surface area (Å²) in [6, 6.07) is 19.0. The second-order valence-electron chi connectivity index (χ2n) is 7.78. The van der Waals surface area contributed by atoms with Crippen LogP contribution in [0, 0.1) is 13.8 Å². The highest BCUT2D eigenvalue weighted by Gasteiger charge is 2.39. The number of aryl methyl sites for hydroxylation is 2. The van der Waals surface area contributed by atoms with E-state index in [-0.39, 0.29) is 16.6 Å². The SMILES string of the molecule is COc1ccccc1NC(=O)c1cccc(NC2=C(Cl)C(=O)N(c3ccc(C)cc3C)C2=O)c1. The molecule has 0 aliphatic carbocycles. The number of hydrogen-bond acceptors (Lipinski definition) is 5. The van der Waals surface area contributed by atoms with Gasteiger partial charge in [-0.2, -0.15) is 0 Å². The minimum absolute atomic E-state index is 0.0473. The Morgan fingerprint density at radius 2 is 1.71 bits per heavy atom. The van der Waals surface area contributed by atoms with Gasteiger partial charge in [-0.1, -0.05) is 47.5 Å². The number of hydrogen-bond donors (Lipinski definition) is 2. The summed E-state index contributed by atoms with van der Waals surface area (Å²) in [4.78, 5) is 39.7. The molecule has 0 unspecified atom stereocenters. The predicted molar refractivity (Wildman–Crippen MR) is 132 cm³/mol. The summed E-state index contributed by atoms with van der Waals surface area (Å²) in [5, 5.41) is 5.50. The van der Waals surface area contributed by atoms with Crippen LogP contribution in [0.3, 0.4) is 0 Å². The highest BCUT2D eigenvalue weighted by atomic mass is 35.5. The molecule has 0 bridgehead atoms. The Balaban J connectivity index is 1.56. The molecule has 0 aromatic heterocycles. The van der Waals surface area contributed by atoms with Gasteiger partial charge in [-0.25, -0.2) is 4.90 Å². The number of ether oxygens (including phenoxy) is 1. The molecule has 2 N–H and O–H groups in total. The fraction of sp³-hybridized carbons (Fsp3) is 0.115. The molecule has 0 saturated heterocycles. The van der Waals surface area contributed by atoms with Gasteiger partial charge in [-0.15, -0.1) is 0 Å². The lowest BCUT2D eigenvalue weighted by molar-refractivity contribution is -0.120. The summed E-state index contributed by atoms with van der Waals surface area (Å²) in [5.41, 5.74) is 3.53. The maximum absolute atomic E-state index is 13.1. The van der Waals surface area contributed by atoms with Crippen LogP contribution in [0.25, 0.3) is 0 Å². The molecule has 0 fully saturated rings. The second kappa shape index (κ2) is 9.41. The van der Waals surface area contributed by atoms with E-state index >= 15 is 0 Å². The Hall–Kier alpha value is -4.10. The molecule has 1 heterocycles. The third-order valence-corrected chi connectivity index (χ3v) is 5.72. The summed E-state index contributed by atoms with van der Waals surface area (Å²) in [5.74, 6) is -1.00. The molecule has 7 nitrogen and oxygen atoms in total. The molecule has 1 aliphatic heterocycles. The molecule has 34 heavy (non-hydrogen) atoms. The highest BCUT2D eigenvalue weighted by Crippen LogP contribution is 2.32. The van der Waals surface area contributed by atoms with Gasteiger partial charge in [-0.05, 0) is 55.8 Å². The normalized spacial score (nSPS) is 13.4. The Bertz CT molecular complexity index is 1350. The predicted octanol–water partition coefficient (Wildman–Crippen LogP) is 5.00. The van der Waals surface area contributed by atoms with E-state index in [9.17, 15) is 14.4 Å². The fourth-order valence-electron chi connectivity index (χ4n) is 3.71. The lowest BCUT2D eigenvalue weighted by Gasteiger charge is -2.18. The first kappa shape index (κ1) is 23.1. The van der Waals surface area contributed by atoms with Crippen LogP contribution in [0.2, 0.25) is 0 Å². The molecule has 1 aliphatic rings. The summed E-state index contributed by atoms with van der Waals surface area (Å²) >= 11 is 6.26. The molecular weight excluding hydrogens is 454 g/mol. The Morgan fingerprint density at radius 3 is 2.44 bits per heavy atom. The molecule has 0 saturated carbocycles. The average Bonchev–Trinajstić information content (AvgIpc) is 3.03. The van der Waals surface area contributed by atoms with E-state index in [2.05, 4.69) is 10.6 Å². The van der Waals surface area contributed by atoms with Gasteiger partial charge >= 0.3 is 0 Å². The van der Waals surface area contributed by atoms with E-state index in [1.54, 1.807) is 54.6 Å². The van der Waals surface area contributed by atoms with Crippen molar-refractivity contribution >= 4 is 46.4 Å². The van der Waals surface area contributed by atoms with Crippen LogP contribution in [-0.4, -0.2) is 24.8 Å². The van der Waals surface area contributed by atoms with Gasteiger partial charge in [0.2, 0.25) is 0 Å². The minimum atomic E-state index is -0.605. The van der Waals surface area contributed by atoms with E-state index in [0.717, 1.165) is 16.0 Å². The molecule has 3 aromatic carbocycles. The third kappa shape index (κ3) is 4.38.